The monoisotopic (exact) mass is 307 g/mol. The number of fused-ring (bicyclic) bond motifs is 2. The number of hydrogen-bond acceptors (Lipinski definition) is 3. The third-order valence-electron chi connectivity index (χ3n) is 3.72. The van der Waals surface area contributed by atoms with Gasteiger partial charge in [0, 0.05) is 12.1 Å². The van der Waals surface area contributed by atoms with Crippen molar-refractivity contribution in [2.75, 3.05) is 0 Å². The molecule has 2 aromatic carbocycles. The van der Waals surface area contributed by atoms with Gasteiger partial charge in [-0.2, -0.15) is 0 Å². The van der Waals surface area contributed by atoms with E-state index in [9.17, 15) is 9.59 Å². The van der Waals surface area contributed by atoms with Gasteiger partial charge in [0.25, 0.3) is 5.91 Å². The molecule has 4 aromatic rings. The van der Waals surface area contributed by atoms with Crippen LogP contribution in [0.25, 0.3) is 22.1 Å². The lowest BCUT2D eigenvalue weighted by atomic mass is 10.1. The molecule has 4 N–H and O–H groups in total. The van der Waals surface area contributed by atoms with Gasteiger partial charge in [0.1, 0.15) is 0 Å². The zero-order valence-corrected chi connectivity index (χ0v) is 12.0. The number of H-pyrrole nitrogens is 3. The number of carbonyl (C=O) groups excluding carboxylic acids is 1. The number of nitrogens with zero attached hydrogens (tertiary/aromatic N) is 1. The first-order valence-corrected chi connectivity index (χ1v) is 7.11. The van der Waals surface area contributed by atoms with Crippen molar-refractivity contribution in [3.8, 4) is 0 Å². The molecule has 0 bridgehead atoms. The molecule has 0 saturated heterocycles. The van der Waals surface area contributed by atoms with Crippen molar-refractivity contribution in [3.63, 3.8) is 0 Å². The molecule has 0 fully saturated rings. The minimum absolute atomic E-state index is 0.163. The fraction of sp³-hybridized carbons (Fsp3) is 0.0625. The number of carbonyl (C=O) groups is 1. The van der Waals surface area contributed by atoms with Gasteiger partial charge < -0.3 is 20.3 Å². The average molecular weight is 307 g/mol. The highest BCUT2D eigenvalue weighted by atomic mass is 16.1. The van der Waals surface area contributed by atoms with Crippen molar-refractivity contribution in [2.24, 2.45) is 0 Å². The number of aromatic amines is 3. The third-order valence-corrected chi connectivity index (χ3v) is 3.72. The van der Waals surface area contributed by atoms with Crippen LogP contribution in [0, 0.1) is 0 Å². The predicted molar refractivity (Wildman–Crippen MR) is 86.2 cm³/mol. The van der Waals surface area contributed by atoms with Gasteiger partial charge in [0.15, 0.2) is 0 Å². The van der Waals surface area contributed by atoms with Crippen LogP contribution in [-0.2, 0) is 6.54 Å². The second kappa shape index (κ2) is 5.13. The minimum atomic E-state index is -0.242. The van der Waals surface area contributed by atoms with E-state index in [-0.39, 0.29) is 11.6 Å². The van der Waals surface area contributed by atoms with Crippen molar-refractivity contribution >= 4 is 28.0 Å². The van der Waals surface area contributed by atoms with Crippen LogP contribution >= 0.6 is 0 Å². The predicted octanol–water partition coefficient (Wildman–Crippen LogP) is 1.66. The number of amides is 1. The third kappa shape index (κ3) is 2.48. The summed E-state index contributed by atoms with van der Waals surface area (Å²) in [5.74, 6) is -0.163. The maximum absolute atomic E-state index is 12.2. The summed E-state index contributed by atoms with van der Waals surface area (Å²) in [4.78, 5) is 36.0. The summed E-state index contributed by atoms with van der Waals surface area (Å²) in [6, 6.07) is 10.8. The Morgan fingerprint density at radius 1 is 1.04 bits per heavy atom. The highest BCUT2D eigenvalue weighted by molar-refractivity contribution is 5.97. The van der Waals surface area contributed by atoms with Gasteiger partial charge in [0.05, 0.1) is 28.4 Å². The summed E-state index contributed by atoms with van der Waals surface area (Å²) in [7, 11) is 0. The molecule has 0 aliphatic heterocycles. The Kier molecular flexibility index (Phi) is 2.97. The summed E-state index contributed by atoms with van der Waals surface area (Å²) in [6.45, 7) is 0.378. The van der Waals surface area contributed by atoms with E-state index in [1.807, 2.05) is 18.2 Å². The van der Waals surface area contributed by atoms with Gasteiger partial charge >= 0.3 is 5.69 Å². The van der Waals surface area contributed by atoms with Gasteiger partial charge in [-0.15, -0.1) is 0 Å². The molecule has 1 amide bonds. The van der Waals surface area contributed by atoms with E-state index >= 15 is 0 Å². The summed E-state index contributed by atoms with van der Waals surface area (Å²) >= 11 is 0. The molecule has 4 rings (SSSR count). The van der Waals surface area contributed by atoms with E-state index in [4.69, 9.17) is 0 Å². The van der Waals surface area contributed by atoms with Crippen LogP contribution in [0.4, 0.5) is 0 Å². The lowest BCUT2D eigenvalue weighted by Crippen LogP contribution is -2.22. The van der Waals surface area contributed by atoms with Crippen molar-refractivity contribution in [2.45, 2.75) is 6.54 Å². The van der Waals surface area contributed by atoms with E-state index in [1.54, 1.807) is 24.5 Å². The van der Waals surface area contributed by atoms with Crippen LogP contribution in [0.5, 0.6) is 0 Å². The fourth-order valence-electron chi connectivity index (χ4n) is 2.55. The smallest absolute Gasteiger partial charge is 0.323 e. The Balaban J connectivity index is 1.52. The van der Waals surface area contributed by atoms with E-state index in [1.165, 1.54) is 0 Å². The molecule has 0 unspecified atom stereocenters. The number of aromatic nitrogens is 4. The zero-order valence-electron chi connectivity index (χ0n) is 12.0. The molecule has 0 atom stereocenters. The Bertz CT molecular complexity index is 1070. The summed E-state index contributed by atoms with van der Waals surface area (Å²) in [5, 5.41) is 2.87. The van der Waals surface area contributed by atoms with Crippen LogP contribution in [0.1, 0.15) is 15.9 Å². The van der Waals surface area contributed by atoms with E-state index in [0.29, 0.717) is 12.1 Å². The van der Waals surface area contributed by atoms with Crippen LogP contribution < -0.4 is 11.0 Å². The largest absolute Gasteiger partial charge is 0.348 e. The van der Waals surface area contributed by atoms with E-state index in [0.717, 1.165) is 27.6 Å². The van der Waals surface area contributed by atoms with Crippen molar-refractivity contribution < 1.29 is 4.79 Å². The first-order chi connectivity index (χ1) is 11.2. The normalized spacial score (nSPS) is 11.1. The first kappa shape index (κ1) is 13.3. The van der Waals surface area contributed by atoms with Crippen LogP contribution in [0.2, 0.25) is 0 Å². The van der Waals surface area contributed by atoms with Crippen molar-refractivity contribution in [3.05, 3.63) is 64.3 Å². The number of benzene rings is 2. The van der Waals surface area contributed by atoms with Crippen molar-refractivity contribution in [1.29, 1.82) is 0 Å². The Hall–Kier alpha value is -3.35. The lowest BCUT2D eigenvalue weighted by Gasteiger charge is -2.06. The number of imidazole rings is 2. The molecule has 0 spiro atoms. The zero-order chi connectivity index (χ0) is 15.8. The molecule has 0 aliphatic carbocycles. The highest BCUT2D eigenvalue weighted by Gasteiger charge is 2.08. The molecule has 7 nitrogen and oxygen atoms in total. The van der Waals surface area contributed by atoms with Gasteiger partial charge in [0.2, 0.25) is 0 Å². The van der Waals surface area contributed by atoms with Gasteiger partial charge in [-0.05, 0) is 35.9 Å². The first-order valence-electron chi connectivity index (χ1n) is 7.11. The summed E-state index contributed by atoms with van der Waals surface area (Å²) < 4.78 is 0. The highest BCUT2D eigenvalue weighted by Crippen LogP contribution is 2.13. The molecule has 7 heteroatoms. The summed E-state index contributed by atoms with van der Waals surface area (Å²) in [6.07, 6.45) is 1.60. The SMILES string of the molecule is O=C(NCc1ccc2[nH]c(=O)[nH]c2c1)c1ccc2nc[nH]c2c1. The molecule has 0 radical (unpaired) electrons. The fourth-order valence-corrected chi connectivity index (χ4v) is 2.55. The van der Waals surface area contributed by atoms with Crippen molar-refractivity contribution in [1.82, 2.24) is 25.3 Å². The molecule has 23 heavy (non-hydrogen) atoms. The van der Waals surface area contributed by atoms with Crippen LogP contribution in [0.15, 0.2) is 47.5 Å². The van der Waals surface area contributed by atoms with Gasteiger partial charge in [-0.25, -0.2) is 9.78 Å². The molecular weight excluding hydrogens is 294 g/mol. The second-order valence-corrected chi connectivity index (χ2v) is 5.28. The molecule has 2 heterocycles. The summed E-state index contributed by atoms with van der Waals surface area (Å²) in [5.41, 5.74) is 4.35. The average Bonchev–Trinajstić information content (AvgIpc) is 3.16. The molecule has 114 valence electrons. The van der Waals surface area contributed by atoms with Crippen LogP contribution in [-0.4, -0.2) is 25.8 Å². The van der Waals surface area contributed by atoms with E-state index < -0.39 is 0 Å². The van der Waals surface area contributed by atoms with Crippen LogP contribution in [0.3, 0.4) is 0 Å². The standard InChI is InChI=1S/C16H13N5O2/c22-15(10-2-4-11-13(6-10)19-8-18-11)17-7-9-1-3-12-14(5-9)21-16(23)20-12/h1-6,8H,7H2,(H,17,22)(H,18,19)(H2,20,21,23). The molecule has 0 aliphatic rings. The lowest BCUT2D eigenvalue weighted by molar-refractivity contribution is 0.0951. The van der Waals surface area contributed by atoms with E-state index in [2.05, 4.69) is 25.3 Å². The van der Waals surface area contributed by atoms with Gasteiger partial charge in [-0.1, -0.05) is 6.07 Å². The molecule has 2 aromatic heterocycles. The Morgan fingerprint density at radius 3 is 2.83 bits per heavy atom. The maximum Gasteiger partial charge on any atom is 0.323 e. The number of nitrogens with one attached hydrogen (secondary N) is 4. The quantitative estimate of drug-likeness (QED) is 0.462. The number of rotatable bonds is 3. The Labute approximate surface area is 129 Å². The molecular formula is C16H13N5O2. The molecule has 0 saturated carbocycles. The number of hydrogen-bond donors (Lipinski definition) is 4. The Morgan fingerprint density at radius 2 is 1.91 bits per heavy atom. The maximum atomic E-state index is 12.2. The topological polar surface area (TPSA) is 106 Å². The minimum Gasteiger partial charge on any atom is -0.348 e. The second-order valence-electron chi connectivity index (χ2n) is 5.28. The van der Waals surface area contributed by atoms with Gasteiger partial charge in [-0.3, -0.25) is 4.79 Å².